The number of benzene rings is 1. The quantitative estimate of drug-likeness (QED) is 0.412. The summed E-state index contributed by atoms with van der Waals surface area (Å²) in [5.41, 5.74) is 0.560. The molecule has 1 nitrogen and oxygen atoms in total. The van der Waals surface area contributed by atoms with Crippen molar-refractivity contribution in [3.63, 3.8) is 0 Å². The van der Waals surface area contributed by atoms with Gasteiger partial charge in [-0.3, -0.25) is 4.90 Å². The number of rotatable bonds is 1. The van der Waals surface area contributed by atoms with Gasteiger partial charge in [0.25, 0.3) is 4.46 Å². The molecule has 0 amide bonds. The molecule has 1 aliphatic rings. The zero-order valence-electron chi connectivity index (χ0n) is 6.35. The van der Waals surface area contributed by atoms with E-state index in [1.165, 1.54) is 0 Å². The van der Waals surface area contributed by atoms with Crippen LogP contribution in [0.25, 0.3) is 0 Å². The molecule has 5 heteroatoms. The van der Waals surface area contributed by atoms with Gasteiger partial charge in [0, 0.05) is 5.69 Å². The monoisotopic (exact) mass is 239 g/mol. The van der Waals surface area contributed by atoms with Crippen LogP contribution in [0.2, 0.25) is 0 Å². The molecule has 0 spiro atoms. The molecular formula is C8H5Cl3FN. The van der Waals surface area contributed by atoms with E-state index in [1.807, 2.05) is 6.07 Å². The molecule has 1 saturated heterocycles. The molecule has 2 rings (SSSR count). The molecular weight excluding hydrogens is 235 g/mol. The number of alkyl halides is 4. The Kier molecular flexibility index (Phi) is 1.92. The van der Waals surface area contributed by atoms with Crippen LogP contribution in [0.5, 0.6) is 0 Å². The number of nitrogens with zero attached hydrogens (tertiary/aromatic N) is 1. The van der Waals surface area contributed by atoms with Crippen molar-refractivity contribution in [2.24, 2.45) is 0 Å². The van der Waals surface area contributed by atoms with Gasteiger partial charge in [-0.2, -0.15) is 4.39 Å². The second-order valence-corrected chi connectivity index (χ2v) is 4.54. The fraction of sp³-hybridized carbons (Fsp3) is 0.250. The van der Waals surface area contributed by atoms with Crippen LogP contribution < -0.4 is 4.90 Å². The highest BCUT2D eigenvalue weighted by atomic mass is 35.5. The highest BCUT2D eigenvalue weighted by Gasteiger charge is 2.76. The minimum absolute atomic E-state index is 0.560. The van der Waals surface area contributed by atoms with Crippen LogP contribution in [0.4, 0.5) is 10.1 Å². The highest BCUT2D eigenvalue weighted by molar-refractivity contribution is 6.59. The van der Waals surface area contributed by atoms with Gasteiger partial charge in [0.15, 0.2) is 0 Å². The first-order valence-corrected chi connectivity index (χ1v) is 4.72. The number of halogens is 4. The highest BCUT2D eigenvalue weighted by Crippen LogP contribution is 2.63. The van der Waals surface area contributed by atoms with Crippen molar-refractivity contribution < 1.29 is 4.39 Å². The summed E-state index contributed by atoms with van der Waals surface area (Å²) < 4.78 is 11.7. The molecule has 1 fully saturated rings. The van der Waals surface area contributed by atoms with E-state index in [1.54, 1.807) is 24.3 Å². The zero-order valence-corrected chi connectivity index (χ0v) is 8.61. The van der Waals surface area contributed by atoms with E-state index in [4.69, 9.17) is 34.8 Å². The maximum atomic E-state index is 13.4. The average molecular weight is 240 g/mol. The number of hydrogen-bond acceptors (Lipinski definition) is 1. The minimum atomic E-state index is -2.20. The Bertz CT molecular complexity index is 311. The number of hydrogen-bond donors (Lipinski definition) is 0. The molecule has 0 aliphatic carbocycles. The van der Waals surface area contributed by atoms with Crippen LogP contribution in [-0.4, -0.2) is 9.71 Å². The van der Waals surface area contributed by atoms with Crippen LogP contribution in [0.1, 0.15) is 0 Å². The van der Waals surface area contributed by atoms with E-state index >= 15 is 0 Å². The molecule has 0 aromatic heterocycles. The van der Waals surface area contributed by atoms with Crippen molar-refractivity contribution in [2.45, 2.75) is 9.71 Å². The van der Waals surface area contributed by atoms with E-state index in [0.29, 0.717) is 5.69 Å². The van der Waals surface area contributed by atoms with Crippen LogP contribution in [0, 0.1) is 0 Å². The second kappa shape index (κ2) is 2.66. The second-order valence-electron chi connectivity index (χ2n) is 2.75. The Morgan fingerprint density at radius 2 is 1.54 bits per heavy atom. The van der Waals surface area contributed by atoms with Crippen molar-refractivity contribution in [3.8, 4) is 0 Å². The van der Waals surface area contributed by atoms with E-state index in [-0.39, 0.29) is 0 Å². The minimum Gasteiger partial charge on any atom is -0.285 e. The third kappa shape index (κ3) is 1.20. The van der Waals surface area contributed by atoms with Gasteiger partial charge in [-0.05, 0) is 12.1 Å². The molecule has 0 radical (unpaired) electrons. The summed E-state index contributed by atoms with van der Waals surface area (Å²) in [7, 11) is 0. The maximum Gasteiger partial charge on any atom is 0.313 e. The largest absolute Gasteiger partial charge is 0.313 e. The van der Waals surface area contributed by atoms with Crippen LogP contribution in [0.3, 0.4) is 0 Å². The molecule has 0 N–H and O–H groups in total. The lowest BCUT2D eigenvalue weighted by Gasteiger charge is -2.02. The first kappa shape index (κ1) is 9.38. The van der Waals surface area contributed by atoms with Gasteiger partial charge in [-0.1, -0.05) is 53.0 Å². The van der Waals surface area contributed by atoms with Crippen molar-refractivity contribution >= 4 is 40.5 Å². The molecule has 13 heavy (non-hydrogen) atoms. The maximum absolute atomic E-state index is 13.4. The predicted octanol–water partition coefficient (Wildman–Crippen LogP) is 3.50. The van der Waals surface area contributed by atoms with E-state index in [0.717, 1.165) is 4.90 Å². The van der Waals surface area contributed by atoms with Gasteiger partial charge in [0.2, 0.25) is 0 Å². The lowest BCUT2D eigenvalue weighted by Crippen LogP contribution is -2.01. The number of para-hydroxylation sites is 1. The SMILES string of the molecule is FC1(Cl)N(c2ccccc2)C1(Cl)Cl. The Morgan fingerprint density at radius 1 is 1.08 bits per heavy atom. The summed E-state index contributed by atoms with van der Waals surface area (Å²) in [4.78, 5) is 1.09. The summed E-state index contributed by atoms with van der Waals surface area (Å²) in [6.45, 7) is 0. The average Bonchev–Trinajstić information content (AvgIpc) is 2.44. The lowest BCUT2D eigenvalue weighted by atomic mass is 10.3. The summed E-state index contributed by atoms with van der Waals surface area (Å²) in [5.74, 6) is 0. The van der Waals surface area contributed by atoms with E-state index < -0.39 is 9.71 Å². The normalized spacial score (nSPS) is 30.3. The molecule has 0 bridgehead atoms. The van der Waals surface area contributed by atoms with Gasteiger partial charge >= 0.3 is 5.25 Å². The zero-order chi connectivity index (χ0) is 9.69. The Labute approximate surface area is 90.0 Å². The lowest BCUT2D eigenvalue weighted by molar-refractivity contribution is 0.423. The first-order chi connectivity index (χ1) is 5.98. The Balaban J connectivity index is 2.33. The predicted molar refractivity (Wildman–Crippen MR) is 53.1 cm³/mol. The molecule has 1 heterocycles. The van der Waals surface area contributed by atoms with Crippen molar-refractivity contribution in [1.29, 1.82) is 0 Å². The summed E-state index contributed by atoms with van der Waals surface area (Å²) in [5, 5.41) is -2.20. The van der Waals surface area contributed by atoms with E-state index in [9.17, 15) is 4.39 Å². The van der Waals surface area contributed by atoms with Gasteiger partial charge in [0.1, 0.15) is 0 Å². The molecule has 1 aliphatic heterocycles. The van der Waals surface area contributed by atoms with Crippen molar-refractivity contribution in [2.75, 3.05) is 4.90 Å². The van der Waals surface area contributed by atoms with Crippen LogP contribution >= 0.6 is 34.8 Å². The molecule has 1 aromatic carbocycles. The fourth-order valence-electron chi connectivity index (χ4n) is 1.16. The van der Waals surface area contributed by atoms with Crippen molar-refractivity contribution in [3.05, 3.63) is 30.3 Å². The number of anilines is 1. The molecule has 0 saturated carbocycles. The summed E-state index contributed by atoms with van der Waals surface area (Å²) in [6.07, 6.45) is 0. The fourth-order valence-corrected chi connectivity index (χ4v) is 2.03. The molecule has 70 valence electrons. The van der Waals surface area contributed by atoms with Crippen LogP contribution in [0.15, 0.2) is 30.3 Å². The topological polar surface area (TPSA) is 3.01 Å². The Morgan fingerprint density at radius 3 is 1.92 bits per heavy atom. The standard InChI is InChI=1S/C8H5Cl3FN/c9-7(10)8(11,12)13(7)6-4-2-1-3-5-6/h1-5H. The third-order valence-electron chi connectivity index (χ3n) is 1.89. The first-order valence-electron chi connectivity index (χ1n) is 3.59. The summed E-state index contributed by atoms with van der Waals surface area (Å²) in [6, 6.07) is 8.69. The van der Waals surface area contributed by atoms with Gasteiger partial charge in [0.05, 0.1) is 0 Å². The Hall–Kier alpha value is -0.180. The van der Waals surface area contributed by atoms with Crippen molar-refractivity contribution in [1.82, 2.24) is 0 Å². The van der Waals surface area contributed by atoms with Gasteiger partial charge < -0.3 is 0 Å². The molecule has 1 unspecified atom stereocenters. The van der Waals surface area contributed by atoms with Gasteiger partial charge in [-0.25, -0.2) is 0 Å². The third-order valence-corrected chi connectivity index (χ3v) is 3.36. The summed E-state index contributed by atoms with van der Waals surface area (Å²) >= 11 is 16.7. The molecule has 1 atom stereocenters. The van der Waals surface area contributed by atoms with Gasteiger partial charge in [-0.15, -0.1) is 0 Å². The van der Waals surface area contributed by atoms with Crippen LogP contribution in [-0.2, 0) is 0 Å². The van der Waals surface area contributed by atoms with E-state index in [2.05, 4.69) is 0 Å². The smallest absolute Gasteiger partial charge is 0.285 e. The molecule has 1 aromatic rings.